The number of benzene rings is 2. The standard InChI is InChI=1S/C17H11F3N2O3/c18-17(19,20)25-12-8-6-11(7-9-12)16-22-13(15(21)23)14(24-16)10-4-2-1-3-5-10/h1-9H,(H2,21,23). The Labute approximate surface area is 139 Å². The fraction of sp³-hybridized carbons (Fsp3) is 0.0588. The van der Waals surface area contributed by atoms with Gasteiger partial charge in [0.15, 0.2) is 11.5 Å². The van der Waals surface area contributed by atoms with Gasteiger partial charge in [-0.2, -0.15) is 0 Å². The first-order valence-corrected chi connectivity index (χ1v) is 7.06. The molecule has 0 bridgehead atoms. The Hall–Kier alpha value is -3.29. The largest absolute Gasteiger partial charge is 0.573 e. The van der Waals surface area contributed by atoms with Crippen molar-refractivity contribution in [2.75, 3.05) is 0 Å². The predicted octanol–water partition coefficient (Wildman–Crippen LogP) is 4.01. The van der Waals surface area contributed by atoms with E-state index in [0.29, 0.717) is 11.1 Å². The van der Waals surface area contributed by atoms with Crippen LogP contribution in [0.3, 0.4) is 0 Å². The van der Waals surface area contributed by atoms with Gasteiger partial charge >= 0.3 is 6.36 Å². The highest BCUT2D eigenvalue weighted by Crippen LogP contribution is 2.31. The number of oxazole rings is 1. The maximum atomic E-state index is 12.2. The second-order valence-corrected chi connectivity index (χ2v) is 5.00. The van der Waals surface area contributed by atoms with E-state index in [2.05, 4.69) is 9.72 Å². The van der Waals surface area contributed by atoms with E-state index in [4.69, 9.17) is 10.2 Å². The molecular formula is C17H11F3N2O3. The van der Waals surface area contributed by atoms with E-state index in [1.165, 1.54) is 12.1 Å². The molecule has 2 N–H and O–H groups in total. The number of nitrogens with zero attached hydrogens (tertiary/aromatic N) is 1. The van der Waals surface area contributed by atoms with Crippen molar-refractivity contribution in [3.05, 3.63) is 60.3 Å². The number of rotatable bonds is 4. The highest BCUT2D eigenvalue weighted by atomic mass is 19.4. The summed E-state index contributed by atoms with van der Waals surface area (Å²) in [6.07, 6.45) is -4.77. The summed E-state index contributed by atoms with van der Waals surface area (Å²) in [4.78, 5) is 15.7. The van der Waals surface area contributed by atoms with Crippen molar-refractivity contribution in [1.82, 2.24) is 4.98 Å². The van der Waals surface area contributed by atoms with E-state index in [-0.39, 0.29) is 23.1 Å². The summed E-state index contributed by atoms with van der Waals surface area (Å²) < 4.78 is 46.0. The molecule has 2 aromatic carbocycles. The molecule has 0 unspecified atom stereocenters. The molecule has 1 aromatic heterocycles. The fourth-order valence-electron chi connectivity index (χ4n) is 2.19. The number of alkyl halides is 3. The normalized spacial score (nSPS) is 11.3. The molecule has 0 spiro atoms. The molecule has 0 saturated carbocycles. The quantitative estimate of drug-likeness (QED) is 0.773. The van der Waals surface area contributed by atoms with Crippen LogP contribution >= 0.6 is 0 Å². The van der Waals surface area contributed by atoms with Gasteiger partial charge in [0.25, 0.3) is 5.91 Å². The van der Waals surface area contributed by atoms with Crippen LogP contribution < -0.4 is 10.5 Å². The zero-order valence-corrected chi connectivity index (χ0v) is 12.6. The number of carbonyl (C=O) groups excluding carboxylic acids is 1. The summed E-state index contributed by atoms with van der Waals surface area (Å²) in [5.74, 6) is -0.892. The third-order valence-electron chi connectivity index (χ3n) is 3.23. The second-order valence-electron chi connectivity index (χ2n) is 5.00. The zero-order chi connectivity index (χ0) is 18.0. The topological polar surface area (TPSA) is 78.4 Å². The van der Waals surface area contributed by atoms with Gasteiger partial charge in [-0.05, 0) is 24.3 Å². The number of hydrogen-bond donors (Lipinski definition) is 1. The van der Waals surface area contributed by atoms with Crippen LogP contribution in [-0.4, -0.2) is 17.3 Å². The summed E-state index contributed by atoms with van der Waals surface area (Å²) in [6.45, 7) is 0. The van der Waals surface area contributed by atoms with Crippen molar-refractivity contribution in [2.24, 2.45) is 5.73 Å². The predicted molar refractivity (Wildman–Crippen MR) is 82.6 cm³/mol. The maximum absolute atomic E-state index is 12.2. The zero-order valence-electron chi connectivity index (χ0n) is 12.6. The number of nitrogens with two attached hydrogens (primary N) is 1. The van der Waals surface area contributed by atoms with Crippen molar-refractivity contribution in [3.63, 3.8) is 0 Å². The highest BCUT2D eigenvalue weighted by molar-refractivity contribution is 5.97. The van der Waals surface area contributed by atoms with Gasteiger partial charge in [-0.25, -0.2) is 4.98 Å². The van der Waals surface area contributed by atoms with E-state index in [9.17, 15) is 18.0 Å². The Bertz CT molecular complexity index is 888. The van der Waals surface area contributed by atoms with Crippen LogP contribution in [0.4, 0.5) is 13.2 Å². The van der Waals surface area contributed by atoms with Crippen molar-refractivity contribution in [1.29, 1.82) is 0 Å². The molecule has 0 aliphatic rings. The smallest absolute Gasteiger partial charge is 0.435 e. The van der Waals surface area contributed by atoms with Crippen LogP contribution in [0.5, 0.6) is 5.75 Å². The number of ether oxygens (including phenoxy) is 1. The minimum atomic E-state index is -4.77. The highest BCUT2D eigenvalue weighted by Gasteiger charge is 2.31. The molecule has 0 saturated heterocycles. The molecule has 25 heavy (non-hydrogen) atoms. The lowest BCUT2D eigenvalue weighted by Crippen LogP contribution is -2.16. The summed E-state index contributed by atoms with van der Waals surface area (Å²) in [7, 11) is 0. The maximum Gasteiger partial charge on any atom is 0.573 e. The third-order valence-corrected chi connectivity index (χ3v) is 3.23. The van der Waals surface area contributed by atoms with Crippen LogP contribution in [0, 0.1) is 0 Å². The molecule has 8 heteroatoms. The minimum Gasteiger partial charge on any atom is -0.435 e. The van der Waals surface area contributed by atoms with E-state index in [1.54, 1.807) is 30.3 Å². The Morgan fingerprint density at radius 3 is 2.20 bits per heavy atom. The Balaban J connectivity index is 1.97. The van der Waals surface area contributed by atoms with E-state index >= 15 is 0 Å². The molecule has 0 aliphatic heterocycles. The summed E-state index contributed by atoms with van der Waals surface area (Å²) in [5, 5.41) is 0. The molecule has 3 aromatic rings. The molecule has 1 amide bonds. The summed E-state index contributed by atoms with van der Waals surface area (Å²) in [6, 6.07) is 13.7. The van der Waals surface area contributed by atoms with Crippen molar-refractivity contribution >= 4 is 5.91 Å². The minimum absolute atomic E-state index is 0.0585. The fourth-order valence-corrected chi connectivity index (χ4v) is 2.19. The number of carbonyl (C=O) groups is 1. The first-order valence-electron chi connectivity index (χ1n) is 7.06. The van der Waals surface area contributed by atoms with Gasteiger partial charge in [0.1, 0.15) is 5.75 Å². The van der Waals surface area contributed by atoms with Gasteiger partial charge in [0.2, 0.25) is 5.89 Å². The molecule has 3 rings (SSSR count). The van der Waals surface area contributed by atoms with E-state index in [1.807, 2.05) is 0 Å². The number of aromatic nitrogens is 1. The lowest BCUT2D eigenvalue weighted by molar-refractivity contribution is -0.274. The Morgan fingerprint density at radius 1 is 1.00 bits per heavy atom. The first kappa shape index (κ1) is 16.6. The molecule has 1 heterocycles. The SMILES string of the molecule is NC(=O)c1nc(-c2ccc(OC(F)(F)F)cc2)oc1-c1ccccc1. The van der Waals surface area contributed by atoms with Crippen molar-refractivity contribution < 1.29 is 27.1 Å². The lowest BCUT2D eigenvalue weighted by Gasteiger charge is -2.08. The van der Waals surface area contributed by atoms with Crippen molar-refractivity contribution in [2.45, 2.75) is 6.36 Å². The molecular weight excluding hydrogens is 337 g/mol. The number of halogens is 3. The lowest BCUT2D eigenvalue weighted by atomic mass is 10.1. The molecule has 0 aliphatic carbocycles. The summed E-state index contributed by atoms with van der Waals surface area (Å²) in [5.41, 5.74) is 6.25. The average molecular weight is 348 g/mol. The van der Waals surface area contributed by atoms with Crippen LogP contribution in [-0.2, 0) is 0 Å². The van der Waals surface area contributed by atoms with Gasteiger partial charge in [0.05, 0.1) is 0 Å². The van der Waals surface area contributed by atoms with Gasteiger partial charge in [-0.3, -0.25) is 4.79 Å². The molecule has 5 nitrogen and oxygen atoms in total. The van der Waals surface area contributed by atoms with Gasteiger partial charge in [0, 0.05) is 11.1 Å². The van der Waals surface area contributed by atoms with Gasteiger partial charge < -0.3 is 14.9 Å². The molecule has 0 radical (unpaired) electrons. The molecule has 0 atom stereocenters. The number of amides is 1. The molecule has 128 valence electrons. The average Bonchev–Trinajstić information content (AvgIpc) is 3.00. The van der Waals surface area contributed by atoms with Crippen LogP contribution in [0.1, 0.15) is 10.5 Å². The van der Waals surface area contributed by atoms with Crippen molar-refractivity contribution in [3.8, 4) is 28.5 Å². The van der Waals surface area contributed by atoms with E-state index < -0.39 is 12.3 Å². The van der Waals surface area contributed by atoms with Gasteiger partial charge in [-0.1, -0.05) is 30.3 Å². The summed E-state index contributed by atoms with van der Waals surface area (Å²) >= 11 is 0. The Morgan fingerprint density at radius 2 is 1.64 bits per heavy atom. The third kappa shape index (κ3) is 3.79. The monoisotopic (exact) mass is 348 g/mol. The van der Waals surface area contributed by atoms with Crippen LogP contribution in [0.15, 0.2) is 59.0 Å². The van der Waals surface area contributed by atoms with Crippen LogP contribution in [0.2, 0.25) is 0 Å². The van der Waals surface area contributed by atoms with E-state index in [0.717, 1.165) is 12.1 Å². The number of hydrogen-bond acceptors (Lipinski definition) is 4. The van der Waals surface area contributed by atoms with Gasteiger partial charge in [-0.15, -0.1) is 13.2 Å². The van der Waals surface area contributed by atoms with Crippen LogP contribution in [0.25, 0.3) is 22.8 Å². The second kappa shape index (κ2) is 6.31. The number of primary amides is 1. The Kier molecular flexibility index (Phi) is 4.18. The first-order chi connectivity index (χ1) is 11.8. The molecule has 0 fully saturated rings.